The van der Waals surface area contributed by atoms with Gasteiger partial charge < -0.3 is 14.3 Å². The topological polar surface area (TPSA) is 35.5 Å². The minimum atomic E-state index is -0.404. The SMILES string of the molecule is O=C[C@@H](c1ccccc1)[C@@H]1CCCC2(C1)OCCO2. The number of carbonyl (C=O) groups excluding carboxylic acids is 1. The molecule has 1 heterocycles. The van der Waals surface area contributed by atoms with Crippen LogP contribution in [0.1, 0.15) is 37.2 Å². The highest BCUT2D eigenvalue weighted by Crippen LogP contribution is 2.43. The zero-order chi connectivity index (χ0) is 13.1. The molecule has 0 amide bonds. The molecule has 1 aliphatic carbocycles. The maximum atomic E-state index is 11.5. The Hall–Kier alpha value is -1.19. The standard InChI is InChI=1S/C16H20O3/c17-12-15(13-5-2-1-3-6-13)14-7-4-8-16(11-14)18-9-10-19-16/h1-3,5-6,12,14-15H,4,7-11H2/t14-,15+/m1/s1. The first-order chi connectivity index (χ1) is 9.33. The third-order valence-electron chi connectivity index (χ3n) is 4.36. The summed E-state index contributed by atoms with van der Waals surface area (Å²) in [6.45, 7) is 1.37. The van der Waals surface area contributed by atoms with Crippen molar-refractivity contribution in [2.45, 2.75) is 37.4 Å². The van der Waals surface area contributed by atoms with Gasteiger partial charge >= 0.3 is 0 Å². The molecule has 3 heteroatoms. The third kappa shape index (κ3) is 2.58. The summed E-state index contributed by atoms with van der Waals surface area (Å²) in [5.74, 6) is -0.114. The predicted octanol–water partition coefficient (Wildman–Crippen LogP) is 2.90. The molecule has 1 aromatic carbocycles. The van der Waals surface area contributed by atoms with Gasteiger partial charge in [0, 0.05) is 18.8 Å². The first-order valence-electron chi connectivity index (χ1n) is 7.11. The van der Waals surface area contributed by atoms with E-state index >= 15 is 0 Å². The average Bonchev–Trinajstić information content (AvgIpc) is 2.89. The normalized spacial score (nSPS) is 27.3. The summed E-state index contributed by atoms with van der Waals surface area (Å²) in [6, 6.07) is 10.0. The number of benzene rings is 1. The molecule has 0 bridgehead atoms. The van der Waals surface area contributed by atoms with Crippen LogP contribution in [-0.2, 0) is 14.3 Å². The number of rotatable bonds is 3. The van der Waals surface area contributed by atoms with Gasteiger partial charge in [0.25, 0.3) is 0 Å². The number of hydrogen-bond donors (Lipinski definition) is 0. The molecule has 0 aromatic heterocycles. The van der Waals surface area contributed by atoms with Crippen molar-refractivity contribution in [3.05, 3.63) is 35.9 Å². The van der Waals surface area contributed by atoms with Gasteiger partial charge in [-0.25, -0.2) is 0 Å². The molecule has 1 spiro atoms. The molecule has 0 unspecified atom stereocenters. The zero-order valence-electron chi connectivity index (χ0n) is 11.1. The van der Waals surface area contributed by atoms with Crippen LogP contribution in [0.15, 0.2) is 30.3 Å². The lowest BCUT2D eigenvalue weighted by molar-refractivity contribution is -0.188. The van der Waals surface area contributed by atoms with Gasteiger partial charge in [0.1, 0.15) is 6.29 Å². The van der Waals surface area contributed by atoms with E-state index in [1.165, 1.54) is 0 Å². The highest BCUT2D eigenvalue weighted by Gasteiger charge is 2.43. The molecule has 2 fully saturated rings. The lowest BCUT2D eigenvalue weighted by Crippen LogP contribution is -2.38. The lowest BCUT2D eigenvalue weighted by atomic mass is 9.75. The minimum Gasteiger partial charge on any atom is -0.348 e. The molecular formula is C16H20O3. The molecule has 2 aliphatic rings. The fourth-order valence-electron chi connectivity index (χ4n) is 3.44. The average molecular weight is 260 g/mol. The number of hydrogen-bond acceptors (Lipinski definition) is 3. The summed E-state index contributed by atoms with van der Waals surface area (Å²) < 4.78 is 11.6. The van der Waals surface area contributed by atoms with E-state index in [4.69, 9.17) is 9.47 Å². The van der Waals surface area contributed by atoms with Gasteiger partial charge in [0.2, 0.25) is 0 Å². The Kier molecular flexibility index (Phi) is 3.67. The Morgan fingerprint density at radius 2 is 1.95 bits per heavy atom. The van der Waals surface area contributed by atoms with E-state index in [0.717, 1.165) is 37.5 Å². The number of carbonyl (C=O) groups is 1. The van der Waals surface area contributed by atoms with Gasteiger partial charge in [-0.2, -0.15) is 0 Å². The van der Waals surface area contributed by atoms with E-state index in [1.807, 2.05) is 30.3 Å². The maximum Gasteiger partial charge on any atom is 0.168 e. The van der Waals surface area contributed by atoms with Crippen molar-refractivity contribution < 1.29 is 14.3 Å². The molecule has 1 aromatic rings. The van der Waals surface area contributed by atoms with Crippen LogP contribution in [0.25, 0.3) is 0 Å². The quantitative estimate of drug-likeness (QED) is 0.784. The monoisotopic (exact) mass is 260 g/mol. The molecule has 0 N–H and O–H groups in total. The van der Waals surface area contributed by atoms with Crippen LogP contribution < -0.4 is 0 Å². The molecule has 3 nitrogen and oxygen atoms in total. The molecule has 2 atom stereocenters. The molecule has 1 aliphatic heterocycles. The van der Waals surface area contributed by atoms with E-state index in [-0.39, 0.29) is 5.92 Å². The largest absolute Gasteiger partial charge is 0.348 e. The highest BCUT2D eigenvalue weighted by atomic mass is 16.7. The Labute approximate surface area is 113 Å². The van der Waals surface area contributed by atoms with E-state index in [1.54, 1.807) is 0 Å². The van der Waals surface area contributed by atoms with Gasteiger partial charge in [-0.1, -0.05) is 30.3 Å². The van der Waals surface area contributed by atoms with Crippen molar-refractivity contribution in [3.8, 4) is 0 Å². The minimum absolute atomic E-state index is 0.0359. The third-order valence-corrected chi connectivity index (χ3v) is 4.36. The van der Waals surface area contributed by atoms with Gasteiger partial charge in [0.05, 0.1) is 13.2 Å². The van der Waals surface area contributed by atoms with Crippen LogP contribution in [0.4, 0.5) is 0 Å². The van der Waals surface area contributed by atoms with Crippen LogP contribution in [0.2, 0.25) is 0 Å². The van der Waals surface area contributed by atoms with E-state index < -0.39 is 5.79 Å². The summed E-state index contributed by atoms with van der Waals surface area (Å²) in [6.07, 6.45) is 5.04. The van der Waals surface area contributed by atoms with Crippen LogP contribution in [0.3, 0.4) is 0 Å². The second-order valence-corrected chi connectivity index (χ2v) is 5.54. The zero-order valence-corrected chi connectivity index (χ0v) is 11.1. The summed E-state index contributed by atoms with van der Waals surface area (Å²) in [5, 5.41) is 0. The Morgan fingerprint density at radius 1 is 1.21 bits per heavy atom. The summed E-state index contributed by atoms with van der Waals surface area (Å²) >= 11 is 0. The van der Waals surface area contributed by atoms with E-state index in [0.29, 0.717) is 19.1 Å². The van der Waals surface area contributed by atoms with E-state index in [9.17, 15) is 4.79 Å². The summed E-state index contributed by atoms with van der Waals surface area (Å²) in [7, 11) is 0. The molecule has 102 valence electrons. The molecule has 1 saturated carbocycles. The Bertz CT molecular complexity index is 423. The fraction of sp³-hybridized carbons (Fsp3) is 0.562. The Balaban J connectivity index is 1.78. The smallest absolute Gasteiger partial charge is 0.168 e. The molecule has 19 heavy (non-hydrogen) atoms. The van der Waals surface area contributed by atoms with Crippen molar-refractivity contribution in [1.82, 2.24) is 0 Å². The Morgan fingerprint density at radius 3 is 2.63 bits per heavy atom. The first-order valence-corrected chi connectivity index (χ1v) is 7.11. The van der Waals surface area contributed by atoms with Gasteiger partial charge in [-0.3, -0.25) is 0 Å². The molecule has 1 saturated heterocycles. The van der Waals surface area contributed by atoms with Crippen LogP contribution in [-0.4, -0.2) is 25.3 Å². The number of aldehydes is 1. The summed E-state index contributed by atoms with van der Waals surface area (Å²) in [4.78, 5) is 11.5. The van der Waals surface area contributed by atoms with Crippen LogP contribution >= 0.6 is 0 Å². The predicted molar refractivity (Wildman–Crippen MR) is 71.8 cm³/mol. The van der Waals surface area contributed by atoms with Crippen molar-refractivity contribution in [2.75, 3.05) is 13.2 Å². The van der Waals surface area contributed by atoms with Gasteiger partial charge in [0.15, 0.2) is 5.79 Å². The molecule has 3 rings (SSSR count). The number of ether oxygens (including phenoxy) is 2. The van der Waals surface area contributed by atoms with Crippen molar-refractivity contribution in [1.29, 1.82) is 0 Å². The second kappa shape index (κ2) is 5.43. The van der Waals surface area contributed by atoms with Crippen molar-refractivity contribution in [3.63, 3.8) is 0 Å². The highest BCUT2D eigenvalue weighted by molar-refractivity contribution is 5.62. The van der Waals surface area contributed by atoms with Crippen LogP contribution in [0, 0.1) is 5.92 Å². The van der Waals surface area contributed by atoms with E-state index in [2.05, 4.69) is 0 Å². The van der Waals surface area contributed by atoms with Crippen molar-refractivity contribution >= 4 is 6.29 Å². The fourth-order valence-corrected chi connectivity index (χ4v) is 3.44. The summed E-state index contributed by atoms with van der Waals surface area (Å²) in [5.41, 5.74) is 1.11. The molecular weight excluding hydrogens is 240 g/mol. The van der Waals surface area contributed by atoms with Gasteiger partial charge in [-0.15, -0.1) is 0 Å². The molecule has 0 radical (unpaired) electrons. The second-order valence-electron chi connectivity index (χ2n) is 5.54. The van der Waals surface area contributed by atoms with Gasteiger partial charge in [-0.05, 0) is 24.3 Å². The first kappa shape index (κ1) is 12.8. The lowest BCUT2D eigenvalue weighted by Gasteiger charge is -2.38. The van der Waals surface area contributed by atoms with Crippen molar-refractivity contribution in [2.24, 2.45) is 5.92 Å². The van der Waals surface area contributed by atoms with Crippen LogP contribution in [0.5, 0.6) is 0 Å². The maximum absolute atomic E-state index is 11.5.